The fourth-order valence-electron chi connectivity index (χ4n) is 5.88. The van der Waals surface area contributed by atoms with E-state index in [2.05, 4.69) is 39.8 Å². The van der Waals surface area contributed by atoms with Gasteiger partial charge in [0.1, 0.15) is 63.0 Å². The molecule has 0 saturated carbocycles. The van der Waals surface area contributed by atoms with Crippen LogP contribution in [-0.2, 0) is 136 Å². The summed E-state index contributed by atoms with van der Waals surface area (Å²) >= 11 is 0. The van der Waals surface area contributed by atoms with Crippen LogP contribution in [-0.4, -0.2) is 169 Å². The van der Waals surface area contributed by atoms with E-state index in [-0.39, 0.29) is 310 Å². The Morgan fingerprint density at radius 1 is 0.352 bits per heavy atom. The van der Waals surface area contributed by atoms with E-state index in [9.17, 15) is 70.4 Å². The Labute approximate surface area is 791 Å². The van der Waals surface area contributed by atoms with E-state index in [4.69, 9.17) is 85.1 Å². The number of benzene rings is 4. The predicted octanol–water partition coefficient (Wildman–Crippen LogP) is -8.49. The van der Waals surface area contributed by atoms with E-state index in [1.165, 1.54) is 77.0 Å². The number of carbonyl (C=O) groups is 4. The van der Waals surface area contributed by atoms with Gasteiger partial charge in [-0.3, -0.25) is 39.1 Å². The molecular formula is C60H84Cu4Dy2N11O45+2. The summed E-state index contributed by atoms with van der Waals surface area (Å²) in [5, 5.41) is 162. The first-order valence-electron chi connectivity index (χ1n) is 28.0. The van der Waals surface area contributed by atoms with Gasteiger partial charge in [-0.1, -0.05) is 107 Å². The Morgan fingerprint density at radius 3 is 0.598 bits per heavy atom. The molecule has 0 bridgehead atoms. The standard InChI is InChI=1S/4C8H8O3.4C7H8NO.4Cu.2Dy.N2O4.5NO3.10H2O/c4*1-11-7-4-2-3-6(5-9)8(7)10;4*9-6-4-7-3-1-2-5-8-7;;;;;;;3-1-5-2(4)6-1;2-1-3-4-1;4*2-1(3)4;;;;;;;;;;/h4*2-5,10H,1H3;4*1-3,5H,4,6H2;;;;;;;;;;;;;10*1H2/q;;;;4*-1;4*+2;;+3;-2;+1;4*-1;;;;;;;;;;. The molecule has 8 aromatic rings. The van der Waals surface area contributed by atoms with Crippen LogP contribution in [0, 0.1) is 153 Å². The Kier molecular flexibility index (Phi) is 146. The van der Waals surface area contributed by atoms with Crippen molar-refractivity contribution in [3.63, 3.8) is 0 Å². The minimum Gasteiger partial charge on any atom is -0.869 e. The Bertz CT molecular complexity index is 3260. The summed E-state index contributed by atoms with van der Waals surface area (Å²) in [5.41, 5.74) is 4.04. The number of carbonyl (C=O) groups excluding carboxylic acids is 4. The Balaban J connectivity index is -0.0000000511. The molecule has 2 fully saturated rings. The van der Waals surface area contributed by atoms with Crippen molar-refractivity contribution in [1.82, 2.24) is 30.7 Å². The van der Waals surface area contributed by atoms with E-state index < -0.39 is 20.3 Å². The van der Waals surface area contributed by atoms with Crippen molar-refractivity contribution in [3.8, 4) is 46.0 Å². The number of nitrogens with zero attached hydrogens (tertiary/aromatic N) is 11. The first kappa shape index (κ1) is 163. The molecule has 0 atom stereocenters. The van der Waals surface area contributed by atoms with E-state index in [0.717, 1.165) is 22.8 Å². The van der Waals surface area contributed by atoms with Crippen molar-refractivity contribution >= 4 is 25.1 Å². The number of hydrogen-bond acceptors (Lipinski definition) is 41. The maximum Gasteiger partial charge on any atom is 3.00 e. The number of pyridine rings is 4. The SMILES string of the molecule is COc1cccc(C=O)c1[O-].COc1cccc(C=O)c1[O-].COc1cccc(C=O)c1[O-].COc1cccc(C=O)c1[O-].O.O.O.O.O.O.O=[N+]([O-])[O-].O=[N+]([O-])[O-].O=[N+]([O-])[O-].O=[N+]([O-])[O-].O=[N+]1OO1.[Cu+2].[Cu+2].[Cu+2].[Cu+2].[Dy+3].[Dy].[O-]CCc1ccccn1.[O-]CCc1ccccn1.[O-]CCc1ccccn1.[O-]CCc1ccccn1.[O-]N1ON([O-])O1.[OH3+].[OH3+].[OH3+].[OH3+]. The van der Waals surface area contributed by atoms with Crippen LogP contribution in [0.15, 0.2) is 170 Å². The number of aldehydes is 4. The third kappa shape index (κ3) is 95.9. The number of ether oxygens (including phenoxy) is 4. The van der Waals surface area contributed by atoms with Crippen molar-refractivity contribution in [2.24, 2.45) is 0 Å². The van der Waals surface area contributed by atoms with Crippen LogP contribution in [0.25, 0.3) is 0 Å². The van der Waals surface area contributed by atoms with Gasteiger partial charge in [-0.05, 0) is 98.5 Å². The molecule has 56 nitrogen and oxygen atoms in total. The molecule has 0 aliphatic carbocycles. The zero-order valence-corrected chi connectivity index (χ0v) is 70.3. The van der Waals surface area contributed by atoms with Gasteiger partial charge in [-0.15, -0.1) is 26.4 Å². The molecule has 24 N–H and O–H groups in total. The summed E-state index contributed by atoms with van der Waals surface area (Å²) in [4.78, 5) is 113. The molecule has 62 heteroatoms. The monoisotopic (exact) mass is 2260 g/mol. The smallest absolute Gasteiger partial charge is 0.869 e. The van der Waals surface area contributed by atoms with Crippen LogP contribution in [0.2, 0.25) is 0 Å². The largest absolute Gasteiger partial charge is 3.00 e. The van der Waals surface area contributed by atoms with E-state index >= 15 is 0 Å². The number of aromatic nitrogens is 4. The van der Waals surface area contributed by atoms with Gasteiger partial charge >= 0.3 is 112 Å². The molecular weight excluding hydrogens is 2170 g/mol. The molecule has 2 aliphatic heterocycles. The van der Waals surface area contributed by atoms with Crippen molar-refractivity contribution in [2.75, 3.05) is 54.9 Å². The molecule has 2 saturated heterocycles. The van der Waals surface area contributed by atoms with Crippen LogP contribution in [0.1, 0.15) is 64.2 Å². The molecule has 10 rings (SSSR count). The molecule has 0 amide bonds. The van der Waals surface area contributed by atoms with Gasteiger partial charge in [-0.25, -0.2) is 0 Å². The van der Waals surface area contributed by atoms with Gasteiger partial charge in [0.25, 0.3) is 0 Å². The minimum absolute atomic E-state index is 0. The van der Waals surface area contributed by atoms with Crippen molar-refractivity contribution in [2.45, 2.75) is 25.7 Å². The van der Waals surface area contributed by atoms with E-state index in [1.54, 1.807) is 49.1 Å². The number of rotatable bonds is 16. The molecule has 2 aliphatic rings. The van der Waals surface area contributed by atoms with Crippen molar-refractivity contribution in [1.29, 1.82) is 0 Å². The molecule has 4 aromatic heterocycles. The van der Waals surface area contributed by atoms with Crippen LogP contribution in [0.4, 0.5) is 0 Å². The fraction of sp³-hybridized carbons (Fsp3) is 0.200. The van der Waals surface area contributed by atoms with Gasteiger partial charge in [0.2, 0.25) is 0 Å². The fourth-order valence-corrected chi connectivity index (χ4v) is 5.88. The Morgan fingerprint density at radius 2 is 0.508 bits per heavy atom. The zero-order chi connectivity index (χ0) is 81.0. The summed E-state index contributed by atoms with van der Waals surface area (Å²) in [5.74, 6) is -0.613. The zero-order valence-electron chi connectivity index (χ0n) is 62.5. The van der Waals surface area contributed by atoms with Gasteiger partial charge in [0.15, 0.2) is 0 Å². The van der Waals surface area contributed by atoms with Gasteiger partial charge in [0.05, 0.1) is 48.8 Å². The quantitative estimate of drug-likeness (QED) is 0.0165. The summed E-state index contributed by atoms with van der Waals surface area (Å²) in [6, 6.07) is 40.7. The summed E-state index contributed by atoms with van der Waals surface area (Å²) < 4.78 is 18.9. The summed E-state index contributed by atoms with van der Waals surface area (Å²) in [6.07, 6.45) is 11.0. The molecule has 711 valence electrons. The second kappa shape index (κ2) is 109. The van der Waals surface area contributed by atoms with E-state index in [1.807, 2.05) is 72.8 Å². The van der Waals surface area contributed by atoms with Gasteiger partial charge in [-0.2, -0.15) is 9.88 Å². The third-order valence-electron chi connectivity index (χ3n) is 10.2. The molecule has 6 heterocycles. The molecule has 0 unspecified atom stereocenters. The third-order valence-corrected chi connectivity index (χ3v) is 10.2. The predicted molar refractivity (Wildman–Crippen MR) is 384 cm³/mol. The first-order chi connectivity index (χ1) is 50.5. The average Bonchev–Trinajstić information content (AvgIpc) is 1.21. The average molecular weight is 2260 g/mol. The molecule has 4 aromatic carbocycles. The van der Waals surface area contributed by atoms with Gasteiger partial charge < -0.3 is 186 Å². The second-order valence-electron chi connectivity index (χ2n) is 17.0. The van der Waals surface area contributed by atoms with Gasteiger partial charge in [0, 0.05) is 108 Å². The van der Waals surface area contributed by atoms with Crippen molar-refractivity contribution < 1.29 is 324 Å². The second-order valence-corrected chi connectivity index (χ2v) is 17.0. The maximum atomic E-state index is 11.1. The van der Waals surface area contributed by atoms with Crippen LogP contribution < -0.4 is 59.8 Å². The molecule has 5 radical (unpaired) electrons. The number of hydrogen-bond donors (Lipinski definition) is 0. The van der Waals surface area contributed by atoms with Crippen LogP contribution >= 0.6 is 0 Å². The molecule has 122 heavy (non-hydrogen) atoms. The van der Waals surface area contributed by atoms with Crippen LogP contribution in [0.5, 0.6) is 46.0 Å². The van der Waals surface area contributed by atoms with Crippen LogP contribution in [0.3, 0.4) is 0 Å². The number of para-hydroxylation sites is 4. The van der Waals surface area contributed by atoms with E-state index in [0.29, 0.717) is 50.8 Å². The maximum absolute atomic E-state index is 11.1. The van der Waals surface area contributed by atoms with Crippen molar-refractivity contribution in [3.05, 3.63) is 292 Å². The summed E-state index contributed by atoms with van der Waals surface area (Å²) in [7, 11) is 5.58. The minimum atomic E-state index is -1.75. The topological polar surface area (TPSA) is 1040 Å². The number of methoxy groups -OCH3 is 4. The first-order valence-corrected chi connectivity index (χ1v) is 28.0. The normalized spacial score (nSPS) is 8.79. The Hall–Kier alpha value is -9.62. The summed E-state index contributed by atoms with van der Waals surface area (Å²) in [6.45, 7) is -0.290. The molecule has 0 spiro atoms.